The van der Waals surface area contributed by atoms with E-state index in [1.54, 1.807) is 19.9 Å². The molecule has 2 aromatic carbocycles. The third-order valence-corrected chi connectivity index (χ3v) is 3.97. The minimum Gasteiger partial charge on any atom is -0.481 e. The van der Waals surface area contributed by atoms with Gasteiger partial charge in [0.2, 0.25) is 0 Å². The summed E-state index contributed by atoms with van der Waals surface area (Å²) in [5.74, 6) is -0.559. The zero-order chi connectivity index (χ0) is 18.9. The van der Waals surface area contributed by atoms with Crippen LogP contribution < -0.4 is 4.84 Å². The Morgan fingerprint density at radius 3 is 2.58 bits per heavy atom. The summed E-state index contributed by atoms with van der Waals surface area (Å²) in [6, 6.07) is 13.5. The van der Waals surface area contributed by atoms with E-state index in [2.05, 4.69) is 4.98 Å². The van der Waals surface area contributed by atoms with Crippen molar-refractivity contribution in [2.24, 2.45) is 5.41 Å². The Morgan fingerprint density at radius 1 is 1.27 bits per heavy atom. The number of nitrogens with zero attached hydrogens (tertiary/aromatic N) is 3. The number of fused-ring (bicyclic) bond motifs is 1. The molecule has 0 aliphatic rings. The Kier molecular flexibility index (Phi) is 4.33. The average molecular weight is 355 g/mol. The molecule has 0 saturated heterocycles. The van der Waals surface area contributed by atoms with E-state index in [1.165, 1.54) is 16.9 Å². The number of benzene rings is 2. The van der Waals surface area contributed by atoms with E-state index in [1.807, 2.05) is 30.3 Å². The standard InChI is InChI=1S/C18H17N3O5/c1-18(2,17(22)23)11-26-20-15-10-13(21(24)25)8-9-14(15)19-16(20)12-6-4-3-5-7-12/h3-10H,11H2,1-2H3,(H,22,23). The summed E-state index contributed by atoms with van der Waals surface area (Å²) < 4.78 is 1.36. The van der Waals surface area contributed by atoms with Crippen LogP contribution in [0, 0.1) is 15.5 Å². The highest BCUT2D eigenvalue weighted by atomic mass is 16.7. The molecule has 26 heavy (non-hydrogen) atoms. The van der Waals surface area contributed by atoms with Gasteiger partial charge >= 0.3 is 5.97 Å². The first-order valence-electron chi connectivity index (χ1n) is 7.88. The number of imidazole rings is 1. The maximum atomic E-state index is 11.3. The van der Waals surface area contributed by atoms with Crippen molar-refractivity contribution in [1.29, 1.82) is 0 Å². The summed E-state index contributed by atoms with van der Waals surface area (Å²) in [7, 11) is 0. The van der Waals surface area contributed by atoms with Gasteiger partial charge in [-0.05, 0) is 19.9 Å². The van der Waals surface area contributed by atoms with Crippen molar-refractivity contribution >= 4 is 22.7 Å². The molecule has 0 spiro atoms. The zero-order valence-corrected chi connectivity index (χ0v) is 14.2. The second kappa shape index (κ2) is 6.47. The highest BCUT2D eigenvalue weighted by Crippen LogP contribution is 2.27. The van der Waals surface area contributed by atoms with Crippen molar-refractivity contribution in [3.05, 3.63) is 58.6 Å². The van der Waals surface area contributed by atoms with E-state index in [0.29, 0.717) is 16.9 Å². The molecule has 0 amide bonds. The van der Waals surface area contributed by atoms with Crippen molar-refractivity contribution in [2.45, 2.75) is 13.8 Å². The van der Waals surface area contributed by atoms with E-state index in [9.17, 15) is 20.0 Å². The molecule has 1 N–H and O–H groups in total. The molecule has 0 aliphatic heterocycles. The first-order chi connectivity index (χ1) is 12.3. The van der Waals surface area contributed by atoms with Crippen LogP contribution in [0.3, 0.4) is 0 Å². The molecule has 0 atom stereocenters. The van der Waals surface area contributed by atoms with Crippen LogP contribution in [0.25, 0.3) is 22.4 Å². The van der Waals surface area contributed by atoms with E-state index >= 15 is 0 Å². The van der Waals surface area contributed by atoms with Crippen LogP contribution in [-0.2, 0) is 4.79 Å². The Hall–Kier alpha value is -3.42. The molecular weight excluding hydrogens is 338 g/mol. The third-order valence-electron chi connectivity index (χ3n) is 3.97. The molecule has 1 heterocycles. The van der Waals surface area contributed by atoms with Crippen molar-refractivity contribution in [1.82, 2.24) is 9.71 Å². The molecular formula is C18H17N3O5. The molecule has 8 heteroatoms. The van der Waals surface area contributed by atoms with Gasteiger partial charge in [-0.1, -0.05) is 30.3 Å². The van der Waals surface area contributed by atoms with Gasteiger partial charge in [-0.2, -0.15) is 4.73 Å². The van der Waals surface area contributed by atoms with Gasteiger partial charge in [0.25, 0.3) is 5.69 Å². The van der Waals surface area contributed by atoms with Crippen LogP contribution in [0.1, 0.15) is 13.8 Å². The number of non-ortho nitro benzene ring substituents is 1. The molecule has 0 bridgehead atoms. The molecule has 1 aromatic heterocycles. The molecule has 0 aliphatic carbocycles. The predicted octanol–water partition coefficient (Wildman–Crippen LogP) is 3.15. The first kappa shape index (κ1) is 17.4. The number of carboxylic acids is 1. The summed E-state index contributed by atoms with van der Waals surface area (Å²) in [6.07, 6.45) is 0. The monoisotopic (exact) mass is 355 g/mol. The number of rotatable bonds is 6. The van der Waals surface area contributed by atoms with Crippen LogP contribution >= 0.6 is 0 Å². The molecule has 3 rings (SSSR count). The normalized spacial score (nSPS) is 11.5. The minimum absolute atomic E-state index is 0.0978. The first-order valence-corrected chi connectivity index (χ1v) is 7.88. The third kappa shape index (κ3) is 3.21. The van der Waals surface area contributed by atoms with E-state index < -0.39 is 16.3 Å². The summed E-state index contributed by atoms with van der Waals surface area (Å²) >= 11 is 0. The lowest BCUT2D eigenvalue weighted by atomic mass is 9.96. The largest absolute Gasteiger partial charge is 0.481 e. The van der Waals surface area contributed by atoms with Gasteiger partial charge in [-0.25, -0.2) is 4.98 Å². The van der Waals surface area contributed by atoms with Crippen molar-refractivity contribution < 1.29 is 19.7 Å². The fourth-order valence-corrected chi connectivity index (χ4v) is 2.34. The van der Waals surface area contributed by atoms with Gasteiger partial charge in [-0.3, -0.25) is 14.9 Å². The maximum absolute atomic E-state index is 11.3. The van der Waals surface area contributed by atoms with Gasteiger partial charge in [0, 0.05) is 17.7 Å². The number of carboxylic acid groups (broad SMARTS) is 1. The van der Waals surface area contributed by atoms with E-state index in [-0.39, 0.29) is 12.3 Å². The van der Waals surface area contributed by atoms with Crippen molar-refractivity contribution in [3.63, 3.8) is 0 Å². The van der Waals surface area contributed by atoms with Gasteiger partial charge < -0.3 is 9.94 Å². The summed E-state index contributed by atoms with van der Waals surface area (Å²) in [5.41, 5.74) is 0.436. The number of aromatic nitrogens is 2. The Labute approximate surface area is 148 Å². The number of hydrogen-bond donors (Lipinski definition) is 1. The second-order valence-corrected chi connectivity index (χ2v) is 6.49. The Balaban J connectivity index is 2.13. The fraction of sp³-hybridized carbons (Fsp3) is 0.222. The topological polar surface area (TPSA) is 107 Å². The number of nitro groups is 1. The highest BCUT2D eigenvalue weighted by Gasteiger charge is 2.29. The van der Waals surface area contributed by atoms with Crippen LogP contribution in [0.15, 0.2) is 48.5 Å². The minimum atomic E-state index is -1.13. The zero-order valence-electron chi connectivity index (χ0n) is 14.2. The van der Waals surface area contributed by atoms with Gasteiger partial charge in [0.1, 0.15) is 12.1 Å². The number of hydrogen-bond acceptors (Lipinski definition) is 5. The van der Waals surface area contributed by atoms with Crippen LogP contribution in [0.2, 0.25) is 0 Å². The van der Waals surface area contributed by atoms with Crippen LogP contribution in [0.5, 0.6) is 0 Å². The van der Waals surface area contributed by atoms with Crippen LogP contribution in [0.4, 0.5) is 5.69 Å². The molecule has 8 nitrogen and oxygen atoms in total. The van der Waals surface area contributed by atoms with Gasteiger partial charge in [0.15, 0.2) is 5.82 Å². The summed E-state index contributed by atoms with van der Waals surface area (Å²) in [5, 5.41) is 20.4. The SMILES string of the molecule is CC(C)(COn1c(-c2ccccc2)nc2ccc([N+](=O)[O-])cc21)C(=O)O. The molecule has 0 radical (unpaired) electrons. The van der Waals surface area contributed by atoms with Crippen molar-refractivity contribution in [2.75, 3.05) is 6.61 Å². The van der Waals surface area contributed by atoms with Gasteiger partial charge in [-0.15, -0.1) is 0 Å². The molecule has 0 saturated carbocycles. The summed E-state index contributed by atoms with van der Waals surface area (Å²) in [6.45, 7) is 2.95. The Morgan fingerprint density at radius 2 is 1.96 bits per heavy atom. The quantitative estimate of drug-likeness (QED) is 0.537. The molecule has 3 aromatic rings. The molecule has 0 fully saturated rings. The smallest absolute Gasteiger partial charge is 0.312 e. The summed E-state index contributed by atoms with van der Waals surface area (Å²) in [4.78, 5) is 32.2. The van der Waals surface area contributed by atoms with E-state index in [4.69, 9.17) is 4.84 Å². The number of aliphatic carboxylic acids is 1. The second-order valence-electron chi connectivity index (χ2n) is 6.49. The maximum Gasteiger partial charge on any atom is 0.312 e. The molecule has 0 unspecified atom stereocenters. The fourth-order valence-electron chi connectivity index (χ4n) is 2.34. The highest BCUT2D eigenvalue weighted by molar-refractivity contribution is 5.82. The lowest BCUT2D eigenvalue weighted by Crippen LogP contribution is -2.33. The van der Waals surface area contributed by atoms with Crippen molar-refractivity contribution in [3.8, 4) is 11.4 Å². The predicted molar refractivity (Wildman–Crippen MR) is 94.7 cm³/mol. The van der Waals surface area contributed by atoms with E-state index in [0.717, 1.165) is 5.56 Å². The van der Waals surface area contributed by atoms with Gasteiger partial charge in [0.05, 0.1) is 15.9 Å². The number of nitro benzene ring substituents is 1. The average Bonchev–Trinajstić information content (AvgIpc) is 2.98. The lowest BCUT2D eigenvalue weighted by molar-refractivity contribution is -0.384. The number of carbonyl (C=O) groups is 1. The molecule has 134 valence electrons. The van der Waals surface area contributed by atoms with Crippen LogP contribution in [-0.4, -0.2) is 32.3 Å². The Bertz CT molecular complexity index is 979. The lowest BCUT2D eigenvalue weighted by Gasteiger charge is -2.20.